The van der Waals surface area contributed by atoms with E-state index in [2.05, 4.69) is 50.8 Å². The molecule has 0 aromatic carbocycles. The fraction of sp³-hybridized carbons (Fsp3) is 0.457. The van der Waals surface area contributed by atoms with E-state index in [4.69, 9.17) is 9.47 Å². The summed E-state index contributed by atoms with van der Waals surface area (Å²) in [7, 11) is 0. The SMILES string of the molecule is C.C.C=CCOC1CC(CCc2ccc3cccnc3n2)C1.O=CCOC1CC(CCc2ccc3cccnc3n2)C1. The first kappa shape index (κ1) is 33.0. The van der Waals surface area contributed by atoms with E-state index >= 15 is 0 Å². The number of aromatic nitrogens is 4. The van der Waals surface area contributed by atoms with Gasteiger partial charge in [-0.25, -0.2) is 19.9 Å². The molecular formula is C35H46N4O3. The maximum absolute atomic E-state index is 10.2. The molecular weight excluding hydrogens is 524 g/mol. The molecule has 0 bridgehead atoms. The van der Waals surface area contributed by atoms with Gasteiger partial charge < -0.3 is 14.3 Å². The molecule has 2 saturated carbocycles. The van der Waals surface area contributed by atoms with Crippen molar-refractivity contribution in [1.29, 1.82) is 0 Å². The number of aldehydes is 1. The number of hydrogen-bond donors (Lipinski definition) is 0. The molecule has 4 aromatic rings. The molecule has 224 valence electrons. The van der Waals surface area contributed by atoms with E-state index in [0.29, 0.717) is 18.6 Å². The van der Waals surface area contributed by atoms with E-state index in [1.165, 1.54) is 19.3 Å². The van der Waals surface area contributed by atoms with Gasteiger partial charge in [-0.1, -0.05) is 20.9 Å². The molecule has 0 N–H and O–H groups in total. The minimum absolute atomic E-state index is 0. The van der Waals surface area contributed by atoms with Gasteiger partial charge in [0, 0.05) is 34.6 Å². The summed E-state index contributed by atoms with van der Waals surface area (Å²) in [6, 6.07) is 16.4. The van der Waals surface area contributed by atoms with Crippen molar-refractivity contribution in [3.8, 4) is 0 Å². The number of fused-ring (bicyclic) bond motifs is 2. The fourth-order valence-electron chi connectivity index (χ4n) is 5.44. The topological polar surface area (TPSA) is 87.1 Å². The minimum Gasteiger partial charge on any atom is -0.374 e. The lowest BCUT2D eigenvalue weighted by molar-refractivity contribution is -0.117. The number of carbonyl (C=O) groups is 1. The highest BCUT2D eigenvalue weighted by Crippen LogP contribution is 2.34. The van der Waals surface area contributed by atoms with Crippen LogP contribution in [0.15, 0.2) is 73.6 Å². The van der Waals surface area contributed by atoms with Crippen LogP contribution >= 0.6 is 0 Å². The quantitative estimate of drug-likeness (QED) is 0.130. The van der Waals surface area contributed by atoms with Crippen molar-refractivity contribution in [3.05, 3.63) is 85.0 Å². The Morgan fingerprint density at radius 3 is 1.64 bits per heavy atom. The van der Waals surface area contributed by atoms with Crippen LogP contribution in [0.1, 0.15) is 64.8 Å². The molecule has 0 atom stereocenters. The van der Waals surface area contributed by atoms with Crippen LogP contribution in [0.25, 0.3) is 22.1 Å². The molecule has 2 aliphatic rings. The summed E-state index contributed by atoms with van der Waals surface area (Å²) < 4.78 is 11.0. The second-order valence-electron chi connectivity index (χ2n) is 10.8. The molecule has 0 spiro atoms. The molecule has 2 fully saturated rings. The molecule has 0 amide bonds. The number of carbonyl (C=O) groups excluding carboxylic acids is 1. The smallest absolute Gasteiger partial charge is 0.159 e. The molecule has 6 rings (SSSR count). The summed E-state index contributed by atoms with van der Waals surface area (Å²) in [6.45, 7) is 4.58. The van der Waals surface area contributed by atoms with Crippen LogP contribution in [0, 0.1) is 11.8 Å². The maximum atomic E-state index is 10.2. The first-order valence-electron chi connectivity index (χ1n) is 14.4. The van der Waals surface area contributed by atoms with Crippen LogP contribution in [-0.2, 0) is 27.1 Å². The zero-order valence-electron chi connectivity index (χ0n) is 23.0. The summed E-state index contributed by atoms with van der Waals surface area (Å²) >= 11 is 0. The van der Waals surface area contributed by atoms with Crippen LogP contribution in [0.2, 0.25) is 0 Å². The van der Waals surface area contributed by atoms with Crippen molar-refractivity contribution in [2.24, 2.45) is 11.8 Å². The monoisotopic (exact) mass is 570 g/mol. The first-order valence-corrected chi connectivity index (χ1v) is 14.4. The van der Waals surface area contributed by atoms with Crippen molar-refractivity contribution < 1.29 is 14.3 Å². The summed E-state index contributed by atoms with van der Waals surface area (Å²) in [5, 5.41) is 2.19. The summed E-state index contributed by atoms with van der Waals surface area (Å²) in [5.74, 6) is 1.49. The molecule has 0 radical (unpaired) electrons. The molecule has 4 aromatic heterocycles. The number of pyridine rings is 4. The largest absolute Gasteiger partial charge is 0.374 e. The number of nitrogens with zero attached hydrogens (tertiary/aromatic N) is 4. The maximum Gasteiger partial charge on any atom is 0.159 e. The van der Waals surface area contributed by atoms with Crippen LogP contribution in [0.3, 0.4) is 0 Å². The van der Waals surface area contributed by atoms with Gasteiger partial charge in [-0.15, -0.1) is 6.58 Å². The average molecular weight is 571 g/mol. The third kappa shape index (κ3) is 9.23. The normalized spacial score (nSPS) is 20.6. The van der Waals surface area contributed by atoms with E-state index < -0.39 is 0 Å². The van der Waals surface area contributed by atoms with Crippen molar-refractivity contribution in [1.82, 2.24) is 19.9 Å². The minimum atomic E-state index is 0. The Labute approximate surface area is 250 Å². The molecule has 7 heteroatoms. The summed E-state index contributed by atoms with van der Waals surface area (Å²) in [5.41, 5.74) is 3.93. The Morgan fingerprint density at radius 2 is 1.19 bits per heavy atom. The average Bonchev–Trinajstić information content (AvgIpc) is 2.95. The first-order chi connectivity index (χ1) is 19.7. The Hall–Kier alpha value is -3.55. The van der Waals surface area contributed by atoms with Gasteiger partial charge in [0.2, 0.25) is 0 Å². The van der Waals surface area contributed by atoms with Gasteiger partial charge in [0.15, 0.2) is 11.3 Å². The Morgan fingerprint density at radius 1 is 0.714 bits per heavy atom. The molecule has 7 nitrogen and oxygen atoms in total. The van der Waals surface area contributed by atoms with E-state index in [0.717, 1.165) is 77.8 Å². The van der Waals surface area contributed by atoms with E-state index in [1.807, 2.05) is 30.3 Å². The van der Waals surface area contributed by atoms with Crippen LogP contribution in [-0.4, -0.2) is 51.6 Å². The lowest BCUT2D eigenvalue weighted by atomic mass is 9.79. The third-order valence-corrected chi connectivity index (χ3v) is 7.90. The van der Waals surface area contributed by atoms with Gasteiger partial charge in [0.25, 0.3) is 0 Å². The summed E-state index contributed by atoms with van der Waals surface area (Å²) in [6.07, 6.45) is 15.8. The van der Waals surface area contributed by atoms with Crippen LogP contribution in [0.4, 0.5) is 0 Å². The molecule has 42 heavy (non-hydrogen) atoms. The molecule has 0 aliphatic heterocycles. The number of hydrogen-bond acceptors (Lipinski definition) is 7. The highest BCUT2D eigenvalue weighted by atomic mass is 16.5. The van der Waals surface area contributed by atoms with Crippen molar-refractivity contribution in [2.75, 3.05) is 13.2 Å². The Balaban J connectivity index is 0.000000220. The fourth-order valence-corrected chi connectivity index (χ4v) is 5.44. The Bertz CT molecular complexity index is 1290. The molecule has 0 unspecified atom stereocenters. The standard InChI is InChI=1S/C17H20N2O.C16H18N2O2.2CH4/c1-2-10-20-16-11-13(12-16)5-7-15-8-6-14-4-3-9-18-17(14)19-15;19-8-9-20-15-10-12(11-15)3-5-14-6-4-13-2-1-7-17-16(13)18-14;;/h2-4,6,8-9,13,16H,1,5,7,10-12H2;1-2,4,6-8,12,15H,3,5,9-11H2;2*1H4. The van der Waals surface area contributed by atoms with Crippen molar-refractivity contribution in [2.45, 2.75) is 78.4 Å². The Kier molecular flexibility index (Phi) is 13.2. The van der Waals surface area contributed by atoms with Gasteiger partial charge in [0.05, 0.1) is 18.8 Å². The van der Waals surface area contributed by atoms with Crippen LogP contribution < -0.4 is 0 Å². The number of aryl methyl sites for hydroxylation is 2. The van der Waals surface area contributed by atoms with Crippen LogP contribution in [0.5, 0.6) is 0 Å². The van der Waals surface area contributed by atoms with Gasteiger partial charge in [-0.2, -0.15) is 0 Å². The van der Waals surface area contributed by atoms with E-state index in [-0.39, 0.29) is 27.6 Å². The van der Waals surface area contributed by atoms with Crippen molar-refractivity contribution in [3.63, 3.8) is 0 Å². The van der Waals surface area contributed by atoms with E-state index in [1.54, 1.807) is 12.4 Å². The number of rotatable bonds is 12. The number of ether oxygens (including phenoxy) is 2. The van der Waals surface area contributed by atoms with Gasteiger partial charge in [-0.05, 0) is 112 Å². The predicted molar refractivity (Wildman–Crippen MR) is 170 cm³/mol. The summed E-state index contributed by atoms with van der Waals surface area (Å²) in [4.78, 5) is 28.0. The van der Waals surface area contributed by atoms with Gasteiger partial charge >= 0.3 is 0 Å². The lowest BCUT2D eigenvalue weighted by Gasteiger charge is -2.34. The van der Waals surface area contributed by atoms with Gasteiger partial charge in [-0.3, -0.25) is 0 Å². The van der Waals surface area contributed by atoms with Crippen molar-refractivity contribution >= 4 is 28.4 Å². The highest BCUT2D eigenvalue weighted by Gasteiger charge is 2.30. The highest BCUT2D eigenvalue weighted by molar-refractivity contribution is 5.74. The molecule has 4 heterocycles. The third-order valence-electron chi connectivity index (χ3n) is 7.90. The van der Waals surface area contributed by atoms with E-state index in [9.17, 15) is 4.79 Å². The zero-order valence-corrected chi connectivity index (χ0v) is 23.0. The second kappa shape index (κ2) is 16.8. The molecule has 0 saturated heterocycles. The predicted octanol–water partition coefficient (Wildman–Crippen LogP) is 7.37. The van der Waals surface area contributed by atoms with Gasteiger partial charge in [0.1, 0.15) is 12.9 Å². The second-order valence-corrected chi connectivity index (χ2v) is 10.8. The lowest BCUT2D eigenvalue weighted by Crippen LogP contribution is -2.32. The molecule has 2 aliphatic carbocycles. The zero-order chi connectivity index (χ0) is 27.6.